The lowest BCUT2D eigenvalue weighted by Crippen LogP contribution is -2.35. The number of piperidine rings is 1. The molecule has 1 aromatic carbocycles. The van der Waals surface area contributed by atoms with Crippen LogP contribution in [0.5, 0.6) is 0 Å². The molecule has 0 saturated carbocycles. The quantitative estimate of drug-likeness (QED) is 0.669. The summed E-state index contributed by atoms with van der Waals surface area (Å²) in [5.74, 6) is 0.796. The molecule has 7 heteroatoms. The molecule has 0 atom stereocenters. The highest BCUT2D eigenvalue weighted by Crippen LogP contribution is 2.28. The number of hydrogen-bond acceptors (Lipinski definition) is 4. The molecule has 1 aliphatic rings. The minimum Gasteiger partial charge on any atom is -0.310 e. The topological polar surface area (TPSA) is 78.8 Å². The number of hydrogen-bond donors (Lipinski definition) is 2. The molecular weight excluding hydrogens is 376 g/mol. The summed E-state index contributed by atoms with van der Waals surface area (Å²) in [5.41, 5.74) is 3.05. The molecule has 0 bridgehead atoms. The zero-order valence-corrected chi connectivity index (χ0v) is 17.9. The minimum absolute atomic E-state index is 0.00934. The second-order valence-corrected chi connectivity index (χ2v) is 9.01. The van der Waals surface area contributed by atoms with Crippen LogP contribution in [0.1, 0.15) is 45.2 Å². The van der Waals surface area contributed by atoms with Crippen LogP contribution in [0, 0.1) is 5.41 Å². The minimum atomic E-state index is -0.431. The second kappa shape index (κ2) is 8.44. The van der Waals surface area contributed by atoms with Crippen LogP contribution in [0.15, 0.2) is 48.8 Å². The molecule has 2 N–H and O–H groups in total. The third-order valence-electron chi connectivity index (χ3n) is 5.67. The van der Waals surface area contributed by atoms with Crippen molar-refractivity contribution in [3.05, 3.63) is 54.4 Å². The fourth-order valence-electron chi connectivity index (χ4n) is 3.86. The molecule has 1 fully saturated rings. The molecule has 0 unspecified atom stereocenters. The van der Waals surface area contributed by atoms with Crippen molar-refractivity contribution >= 4 is 11.7 Å². The van der Waals surface area contributed by atoms with Gasteiger partial charge in [-0.1, -0.05) is 51.1 Å². The van der Waals surface area contributed by atoms with Gasteiger partial charge < -0.3 is 5.32 Å². The molecule has 2 aromatic heterocycles. The summed E-state index contributed by atoms with van der Waals surface area (Å²) in [5, 5.41) is 15.0. The number of benzene rings is 1. The van der Waals surface area contributed by atoms with E-state index < -0.39 is 5.41 Å². The Bertz CT molecular complexity index is 977. The molecule has 0 aliphatic carbocycles. The lowest BCUT2D eigenvalue weighted by atomic mass is 9.96. The highest BCUT2D eigenvalue weighted by molar-refractivity contribution is 5.93. The summed E-state index contributed by atoms with van der Waals surface area (Å²) < 4.78 is 1.98. The first kappa shape index (κ1) is 20.3. The monoisotopic (exact) mass is 406 g/mol. The normalized spacial score (nSPS) is 16.0. The average Bonchev–Trinajstić information content (AvgIpc) is 3.38. The number of H-pyrrole nitrogens is 1. The van der Waals surface area contributed by atoms with Crippen LogP contribution < -0.4 is 5.32 Å². The van der Waals surface area contributed by atoms with E-state index in [-0.39, 0.29) is 5.91 Å². The highest BCUT2D eigenvalue weighted by atomic mass is 16.2. The number of aromatic nitrogens is 4. The number of carbonyl (C=O) groups is 1. The fourth-order valence-corrected chi connectivity index (χ4v) is 3.86. The van der Waals surface area contributed by atoms with E-state index in [1.54, 1.807) is 6.20 Å². The Hall–Kier alpha value is -2.93. The van der Waals surface area contributed by atoms with Crippen molar-refractivity contribution in [2.24, 2.45) is 5.41 Å². The molecule has 158 valence electrons. The van der Waals surface area contributed by atoms with E-state index in [2.05, 4.69) is 37.6 Å². The third-order valence-corrected chi connectivity index (χ3v) is 5.67. The van der Waals surface area contributed by atoms with E-state index in [1.165, 1.54) is 5.56 Å². The lowest BCUT2D eigenvalue weighted by Gasteiger charge is -2.32. The number of nitrogens with zero attached hydrogens (tertiary/aromatic N) is 4. The maximum absolute atomic E-state index is 12.4. The van der Waals surface area contributed by atoms with Crippen molar-refractivity contribution in [2.75, 3.05) is 18.4 Å². The van der Waals surface area contributed by atoms with E-state index in [9.17, 15) is 4.79 Å². The zero-order valence-electron chi connectivity index (χ0n) is 17.9. The van der Waals surface area contributed by atoms with Crippen LogP contribution in [0.4, 0.5) is 5.82 Å². The van der Waals surface area contributed by atoms with Gasteiger partial charge in [0.05, 0.1) is 24.1 Å². The van der Waals surface area contributed by atoms with Gasteiger partial charge in [-0.2, -0.15) is 10.2 Å². The van der Waals surface area contributed by atoms with Crippen molar-refractivity contribution in [3.8, 4) is 11.3 Å². The smallest absolute Gasteiger partial charge is 0.230 e. The first-order valence-electron chi connectivity index (χ1n) is 10.6. The van der Waals surface area contributed by atoms with Crippen LogP contribution in [-0.4, -0.2) is 43.9 Å². The van der Waals surface area contributed by atoms with Gasteiger partial charge in [-0.15, -0.1) is 0 Å². The predicted molar refractivity (Wildman–Crippen MR) is 118 cm³/mol. The van der Waals surface area contributed by atoms with Crippen molar-refractivity contribution < 1.29 is 4.79 Å². The summed E-state index contributed by atoms with van der Waals surface area (Å²) in [6.07, 6.45) is 5.70. The Morgan fingerprint density at radius 1 is 1.17 bits per heavy atom. The van der Waals surface area contributed by atoms with E-state index in [0.29, 0.717) is 6.04 Å². The van der Waals surface area contributed by atoms with Crippen LogP contribution in [-0.2, 0) is 11.3 Å². The molecule has 1 amide bonds. The Balaban J connectivity index is 1.38. The molecule has 1 saturated heterocycles. The van der Waals surface area contributed by atoms with Gasteiger partial charge in [-0.25, -0.2) is 4.68 Å². The zero-order chi connectivity index (χ0) is 21.1. The number of anilines is 1. The molecule has 0 radical (unpaired) electrons. The predicted octanol–water partition coefficient (Wildman–Crippen LogP) is 4.09. The molecule has 3 aromatic rings. The number of likely N-dealkylation sites (tertiary alicyclic amines) is 1. The summed E-state index contributed by atoms with van der Waals surface area (Å²) in [7, 11) is 0. The molecule has 0 spiro atoms. The summed E-state index contributed by atoms with van der Waals surface area (Å²) in [6.45, 7) is 8.59. The lowest BCUT2D eigenvalue weighted by molar-refractivity contribution is -0.123. The number of rotatable bonds is 5. The molecule has 3 heterocycles. The van der Waals surface area contributed by atoms with E-state index in [4.69, 9.17) is 0 Å². The maximum Gasteiger partial charge on any atom is 0.230 e. The Labute approximate surface area is 177 Å². The average molecular weight is 407 g/mol. The van der Waals surface area contributed by atoms with Gasteiger partial charge in [0.15, 0.2) is 0 Å². The summed E-state index contributed by atoms with van der Waals surface area (Å²) in [4.78, 5) is 14.8. The van der Waals surface area contributed by atoms with Gasteiger partial charge in [0.25, 0.3) is 0 Å². The first-order chi connectivity index (χ1) is 14.4. The van der Waals surface area contributed by atoms with Gasteiger partial charge in [-0.3, -0.25) is 14.8 Å². The maximum atomic E-state index is 12.4. The SMILES string of the molecule is CC(C)(C)C(=O)Nc1ccnn1C1CCN(Cc2cn[nH]c2-c2ccccc2)CC1. The summed E-state index contributed by atoms with van der Waals surface area (Å²) >= 11 is 0. The Morgan fingerprint density at radius 2 is 1.90 bits per heavy atom. The van der Waals surface area contributed by atoms with Crippen LogP contribution in [0.3, 0.4) is 0 Å². The highest BCUT2D eigenvalue weighted by Gasteiger charge is 2.26. The van der Waals surface area contributed by atoms with Gasteiger partial charge in [0.2, 0.25) is 5.91 Å². The number of amides is 1. The first-order valence-corrected chi connectivity index (χ1v) is 10.6. The molecular formula is C23H30N6O. The molecule has 4 rings (SSSR count). The van der Waals surface area contributed by atoms with Crippen molar-refractivity contribution in [3.63, 3.8) is 0 Å². The van der Waals surface area contributed by atoms with Gasteiger partial charge >= 0.3 is 0 Å². The Kier molecular flexibility index (Phi) is 5.72. The number of nitrogens with one attached hydrogen (secondary N) is 2. The van der Waals surface area contributed by atoms with E-state index in [1.807, 2.05) is 55.9 Å². The van der Waals surface area contributed by atoms with Gasteiger partial charge in [0.1, 0.15) is 5.82 Å². The third kappa shape index (κ3) is 4.46. The van der Waals surface area contributed by atoms with Crippen LogP contribution in [0.2, 0.25) is 0 Å². The van der Waals surface area contributed by atoms with Crippen molar-refractivity contribution in [1.82, 2.24) is 24.9 Å². The molecule has 30 heavy (non-hydrogen) atoms. The standard InChI is InChI=1S/C23H30N6O/c1-23(2,3)22(30)26-20-9-12-25-29(20)19-10-13-28(14-11-19)16-18-15-24-27-21(18)17-7-5-4-6-8-17/h4-9,12,15,19H,10-11,13-14,16H2,1-3H3,(H,24,27)(H,26,30). The number of carbonyl (C=O) groups excluding carboxylic acids is 1. The van der Waals surface area contributed by atoms with E-state index >= 15 is 0 Å². The second-order valence-electron chi connectivity index (χ2n) is 9.01. The van der Waals surface area contributed by atoms with Gasteiger partial charge in [0, 0.05) is 36.7 Å². The van der Waals surface area contributed by atoms with E-state index in [0.717, 1.165) is 49.6 Å². The van der Waals surface area contributed by atoms with Crippen molar-refractivity contribution in [1.29, 1.82) is 0 Å². The Morgan fingerprint density at radius 3 is 2.60 bits per heavy atom. The summed E-state index contributed by atoms with van der Waals surface area (Å²) in [6, 6.07) is 12.5. The molecule has 1 aliphatic heterocycles. The molecule has 7 nitrogen and oxygen atoms in total. The number of aromatic amines is 1. The largest absolute Gasteiger partial charge is 0.310 e. The van der Waals surface area contributed by atoms with Crippen molar-refractivity contribution in [2.45, 2.75) is 46.2 Å². The van der Waals surface area contributed by atoms with Crippen LogP contribution >= 0.6 is 0 Å². The fraction of sp³-hybridized carbons (Fsp3) is 0.435. The van der Waals surface area contributed by atoms with Crippen LogP contribution in [0.25, 0.3) is 11.3 Å². The van der Waals surface area contributed by atoms with Gasteiger partial charge in [-0.05, 0) is 18.4 Å².